The maximum absolute atomic E-state index is 12.1. The summed E-state index contributed by atoms with van der Waals surface area (Å²) in [6.45, 7) is 4.77. The van der Waals surface area contributed by atoms with Crippen LogP contribution < -0.4 is 5.32 Å². The number of carbonyl (C=O) groups is 1. The number of hydrogen-bond acceptors (Lipinski definition) is 5. The Morgan fingerprint density at radius 1 is 1.43 bits per heavy atom. The van der Waals surface area contributed by atoms with Gasteiger partial charge in [0.2, 0.25) is 5.91 Å². The van der Waals surface area contributed by atoms with E-state index >= 15 is 0 Å². The summed E-state index contributed by atoms with van der Waals surface area (Å²) in [4.78, 5) is 16.4. The minimum absolute atomic E-state index is 0.0183. The highest BCUT2D eigenvalue weighted by Crippen LogP contribution is 2.19. The van der Waals surface area contributed by atoms with Crippen LogP contribution in [-0.4, -0.2) is 35.7 Å². The molecule has 0 bridgehead atoms. The predicted octanol–water partition coefficient (Wildman–Crippen LogP) is 0.700. The van der Waals surface area contributed by atoms with Gasteiger partial charge >= 0.3 is 0 Å². The summed E-state index contributed by atoms with van der Waals surface area (Å²) in [7, 11) is 1.93. The van der Waals surface area contributed by atoms with Crippen molar-refractivity contribution in [1.29, 1.82) is 0 Å². The Kier molecular flexibility index (Phi) is 5.02. The van der Waals surface area contributed by atoms with E-state index < -0.39 is 0 Å². The van der Waals surface area contributed by atoms with Crippen LogP contribution in [0, 0.1) is 5.92 Å². The van der Waals surface area contributed by atoms with E-state index in [1.165, 1.54) is 0 Å². The molecule has 8 heteroatoms. The van der Waals surface area contributed by atoms with Crippen LogP contribution in [0.3, 0.4) is 0 Å². The molecule has 1 N–H and O–H groups in total. The highest BCUT2D eigenvalue weighted by Gasteiger charge is 2.21. The van der Waals surface area contributed by atoms with Crippen molar-refractivity contribution in [2.45, 2.75) is 39.3 Å². The van der Waals surface area contributed by atoms with E-state index in [2.05, 4.69) is 39.7 Å². The number of hydrogen-bond donors (Lipinski definition) is 1. The molecule has 2 aromatic rings. The molecule has 21 heavy (non-hydrogen) atoms. The van der Waals surface area contributed by atoms with E-state index in [1.54, 1.807) is 17.2 Å². The van der Waals surface area contributed by atoms with Crippen molar-refractivity contribution in [3.8, 4) is 0 Å². The lowest BCUT2D eigenvalue weighted by Crippen LogP contribution is -2.33. The lowest BCUT2D eigenvalue weighted by molar-refractivity contribution is -0.122. The molecule has 1 unspecified atom stereocenters. The van der Waals surface area contributed by atoms with Gasteiger partial charge in [-0.15, -0.1) is 5.10 Å². The average Bonchev–Trinajstić information content (AvgIpc) is 3.07. The number of amides is 1. The summed E-state index contributed by atoms with van der Waals surface area (Å²) in [5, 5.41) is 13.9. The molecule has 0 spiro atoms. The summed E-state index contributed by atoms with van der Waals surface area (Å²) in [5.74, 6) is 1.16. The van der Waals surface area contributed by atoms with E-state index in [1.807, 2.05) is 17.8 Å². The van der Waals surface area contributed by atoms with E-state index in [4.69, 9.17) is 0 Å². The summed E-state index contributed by atoms with van der Waals surface area (Å²) in [6, 6.07) is -0.0782. The molecular weight excluding hydrogens is 270 g/mol. The maximum atomic E-state index is 12.1. The average molecular weight is 291 g/mol. The molecule has 0 saturated carbocycles. The van der Waals surface area contributed by atoms with Crippen molar-refractivity contribution in [1.82, 2.24) is 35.1 Å². The molecule has 0 saturated heterocycles. The molecule has 0 radical (unpaired) electrons. The van der Waals surface area contributed by atoms with E-state index in [-0.39, 0.29) is 17.9 Å². The predicted molar refractivity (Wildman–Crippen MR) is 76.0 cm³/mol. The number of aryl methyl sites for hydroxylation is 2. The van der Waals surface area contributed by atoms with Gasteiger partial charge in [0.15, 0.2) is 0 Å². The second-order valence-corrected chi connectivity index (χ2v) is 5.36. The summed E-state index contributed by atoms with van der Waals surface area (Å²) < 4.78 is 3.55. The molecule has 0 aliphatic rings. The zero-order valence-corrected chi connectivity index (χ0v) is 12.6. The van der Waals surface area contributed by atoms with Gasteiger partial charge in [-0.3, -0.25) is 4.79 Å². The van der Waals surface area contributed by atoms with Gasteiger partial charge in [-0.2, -0.15) is 0 Å². The van der Waals surface area contributed by atoms with Crippen molar-refractivity contribution >= 4 is 5.91 Å². The van der Waals surface area contributed by atoms with E-state index in [0.717, 1.165) is 5.82 Å². The first kappa shape index (κ1) is 15.1. The summed E-state index contributed by atoms with van der Waals surface area (Å²) in [6.07, 6.45) is 6.31. The van der Waals surface area contributed by atoms with Crippen molar-refractivity contribution in [2.24, 2.45) is 13.0 Å². The van der Waals surface area contributed by atoms with Gasteiger partial charge in [0.25, 0.3) is 0 Å². The quantitative estimate of drug-likeness (QED) is 0.811. The fourth-order valence-electron chi connectivity index (χ4n) is 2.14. The van der Waals surface area contributed by atoms with Crippen LogP contribution in [0.2, 0.25) is 0 Å². The van der Waals surface area contributed by atoms with Crippen LogP contribution in [0.5, 0.6) is 0 Å². The SMILES string of the molecule is CC(C)C(NC(=O)CCCn1cnnn1)c1nccn1C. The van der Waals surface area contributed by atoms with Crippen LogP contribution in [-0.2, 0) is 18.4 Å². The van der Waals surface area contributed by atoms with Gasteiger partial charge in [0, 0.05) is 32.4 Å². The zero-order valence-electron chi connectivity index (χ0n) is 12.6. The Morgan fingerprint density at radius 3 is 2.81 bits per heavy atom. The number of nitrogens with zero attached hydrogens (tertiary/aromatic N) is 6. The Hall–Kier alpha value is -2.25. The van der Waals surface area contributed by atoms with Crippen LogP contribution in [0.25, 0.3) is 0 Å². The van der Waals surface area contributed by atoms with Gasteiger partial charge in [-0.25, -0.2) is 9.67 Å². The normalized spacial score (nSPS) is 12.6. The van der Waals surface area contributed by atoms with Crippen LogP contribution in [0.1, 0.15) is 38.6 Å². The molecule has 1 amide bonds. The Balaban J connectivity index is 1.85. The topological polar surface area (TPSA) is 90.5 Å². The van der Waals surface area contributed by atoms with Crippen LogP contribution in [0.15, 0.2) is 18.7 Å². The molecule has 2 heterocycles. The number of nitrogens with one attached hydrogen (secondary N) is 1. The van der Waals surface area contributed by atoms with Crippen LogP contribution in [0.4, 0.5) is 0 Å². The molecule has 0 aromatic carbocycles. The zero-order chi connectivity index (χ0) is 15.2. The number of rotatable bonds is 7. The van der Waals surface area contributed by atoms with Crippen molar-refractivity contribution in [3.63, 3.8) is 0 Å². The molecule has 2 aromatic heterocycles. The number of carbonyl (C=O) groups excluding carboxylic acids is 1. The second-order valence-electron chi connectivity index (χ2n) is 5.36. The minimum atomic E-state index is -0.0782. The first-order valence-corrected chi connectivity index (χ1v) is 7.05. The smallest absolute Gasteiger partial charge is 0.220 e. The molecule has 1 atom stereocenters. The summed E-state index contributed by atoms with van der Waals surface area (Å²) >= 11 is 0. The molecule has 0 aliphatic carbocycles. The largest absolute Gasteiger partial charge is 0.346 e. The Morgan fingerprint density at radius 2 is 2.24 bits per heavy atom. The Bertz CT molecular complexity index is 561. The molecule has 2 rings (SSSR count). The highest BCUT2D eigenvalue weighted by molar-refractivity contribution is 5.76. The van der Waals surface area contributed by atoms with Gasteiger partial charge in [-0.1, -0.05) is 13.8 Å². The molecule has 8 nitrogen and oxygen atoms in total. The second kappa shape index (κ2) is 6.96. The fourth-order valence-corrected chi connectivity index (χ4v) is 2.14. The lowest BCUT2D eigenvalue weighted by atomic mass is 10.0. The van der Waals surface area contributed by atoms with Gasteiger partial charge in [0.05, 0.1) is 6.04 Å². The minimum Gasteiger partial charge on any atom is -0.346 e. The van der Waals surface area contributed by atoms with Crippen molar-refractivity contribution in [3.05, 3.63) is 24.5 Å². The third kappa shape index (κ3) is 4.11. The van der Waals surface area contributed by atoms with Crippen LogP contribution >= 0.6 is 0 Å². The lowest BCUT2D eigenvalue weighted by Gasteiger charge is -2.22. The Labute approximate surface area is 123 Å². The standard InChI is InChI=1S/C13H21N7O/c1-10(2)12(13-14-6-8-19(13)3)16-11(21)5-4-7-20-9-15-17-18-20/h6,8-10,12H,4-5,7H2,1-3H3,(H,16,21). The number of imidazole rings is 1. The number of aromatic nitrogens is 6. The van der Waals surface area contributed by atoms with E-state index in [9.17, 15) is 4.79 Å². The highest BCUT2D eigenvalue weighted by atomic mass is 16.1. The van der Waals surface area contributed by atoms with Gasteiger partial charge < -0.3 is 9.88 Å². The number of tetrazole rings is 1. The fraction of sp³-hybridized carbons (Fsp3) is 0.615. The molecular formula is C13H21N7O. The first-order chi connectivity index (χ1) is 10.1. The van der Waals surface area contributed by atoms with Crippen molar-refractivity contribution < 1.29 is 4.79 Å². The maximum Gasteiger partial charge on any atom is 0.220 e. The summed E-state index contributed by atoms with van der Waals surface area (Å²) in [5.41, 5.74) is 0. The third-order valence-corrected chi connectivity index (χ3v) is 3.30. The van der Waals surface area contributed by atoms with Gasteiger partial charge in [0.1, 0.15) is 12.2 Å². The third-order valence-electron chi connectivity index (χ3n) is 3.30. The van der Waals surface area contributed by atoms with Gasteiger partial charge in [-0.05, 0) is 22.8 Å². The molecule has 0 aliphatic heterocycles. The van der Waals surface area contributed by atoms with E-state index in [0.29, 0.717) is 19.4 Å². The van der Waals surface area contributed by atoms with Crippen molar-refractivity contribution in [2.75, 3.05) is 0 Å². The monoisotopic (exact) mass is 291 g/mol. The molecule has 0 fully saturated rings. The first-order valence-electron chi connectivity index (χ1n) is 7.05. The molecule has 114 valence electrons.